The van der Waals surface area contributed by atoms with Gasteiger partial charge in [0.15, 0.2) is 0 Å². The molecule has 0 aliphatic carbocycles. The van der Waals surface area contributed by atoms with E-state index in [0.717, 1.165) is 11.1 Å². The largest absolute Gasteiger partial charge is 0.495 e. The Labute approximate surface area is 157 Å². The van der Waals surface area contributed by atoms with E-state index in [1.54, 1.807) is 19.1 Å². The lowest BCUT2D eigenvalue weighted by Gasteiger charge is -2.13. The molecular weight excluding hydrogens is 370 g/mol. The fraction of sp³-hybridized carbons (Fsp3) is 0.222. The van der Waals surface area contributed by atoms with Crippen molar-refractivity contribution in [1.29, 1.82) is 0 Å². The smallest absolute Gasteiger partial charge is 0.266 e. The molecule has 0 saturated heterocycles. The number of carbonyl (C=O) groups is 2. The highest BCUT2D eigenvalue weighted by Gasteiger charge is 2.19. The predicted octanol–water partition coefficient (Wildman–Crippen LogP) is 1.89. The van der Waals surface area contributed by atoms with Crippen molar-refractivity contribution in [3.8, 4) is 5.75 Å². The summed E-state index contributed by atoms with van der Waals surface area (Å²) in [4.78, 5) is 25.3. The molecule has 0 atom stereocenters. The quantitative estimate of drug-likeness (QED) is 0.651. The van der Waals surface area contributed by atoms with Crippen LogP contribution in [0.1, 0.15) is 28.4 Å². The van der Waals surface area contributed by atoms with Crippen LogP contribution in [0.3, 0.4) is 0 Å². The van der Waals surface area contributed by atoms with E-state index in [9.17, 15) is 18.0 Å². The topological polar surface area (TPSA) is 114 Å². The Bertz CT molecular complexity index is 986. The van der Waals surface area contributed by atoms with E-state index in [1.165, 1.54) is 32.2 Å². The Kier molecular flexibility index (Phi) is 6.19. The molecule has 0 aromatic heterocycles. The molecule has 2 aromatic carbocycles. The number of amides is 2. The second-order valence-corrected chi connectivity index (χ2v) is 7.60. The van der Waals surface area contributed by atoms with Crippen molar-refractivity contribution in [2.75, 3.05) is 12.4 Å². The van der Waals surface area contributed by atoms with Gasteiger partial charge < -0.3 is 10.1 Å². The normalized spacial score (nSPS) is 11.0. The zero-order valence-corrected chi connectivity index (χ0v) is 16.2. The van der Waals surface area contributed by atoms with Gasteiger partial charge in [0.25, 0.3) is 15.9 Å². The molecule has 2 rings (SSSR count). The number of carbonyl (C=O) groups excluding carboxylic acids is 2. The van der Waals surface area contributed by atoms with E-state index in [2.05, 4.69) is 15.6 Å². The molecule has 0 bridgehead atoms. The summed E-state index contributed by atoms with van der Waals surface area (Å²) in [6.07, 6.45) is 0. The van der Waals surface area contributed by atoms with Crippen molar-refractivity contribution in [2.45, 2.75) is 25.7 Å². The van der Waals surface area contributed by atoms with Gasteiger partial charge in [0, 0.05) is 18.6 Å². The molecule has 0 radical (unpaired) electrons. The minimum Gasteiger partial charge on any atom is -0.495 e. The number of hydrogen-bond donors (Lipinski definition) is 3. The minimum atomic E-state index is -4.04. The lowest BCUT2D eigenvalue weighted by Crippen LogP contribution is -2.41. The molecule has 9 heteroatoms. The third-order valence-corrected chi connectivity index (χ3v) is 4.96. The lowest BCUT2D eigenvalue weighted by molar-refractivity contribution is -0.114. The molecule has 8 nitrogen and oxygen atoms in total. The molecule has 0 unspecified atom stereocenters. The SMILES string of the molecule is COc1cc(S(=O)(=O)NNC(=O)c2ccc(C)cc2C)ccc1NC(C)=O. The summed E-state index contributed by atoms with van der Waals surface area (Å²) in [5, 5.41) is 2.54. The number of hydrogen-bond acceptors (Lipinski definition) is 5. The van der Waals surface area contributed by atoms with Crippen LogP contribution in [0.25, 0.3) is 0 Å². The van der Waals surface area contributed by atoms with Crippen LogP contribution in [-0.4, -0.2) is 27.3 Å². The fourth-order valence-electron chi connectivity index (χ4n) is 2.44. The standard InChI is InChI=1S/C18H21N3O5S/c1-11-5-7-15(12(2)9-11)18(23)20-21-27(24,25)14-6-8-16(19-13(3)22)17(10-14)26-4/h5-10,21H,1-4H3,(H,19,22)(H,20,23). The molecule has 0 fully saturated rings. The highest BCUT2D eigenvalue weighted by atomic mass is 32.2. The summed E-state index contributed by atoms with van der Waals surface area (Å²) >= 11 is 0. The summed E-state index contributed by atoms with van der Waals surface area (Å²) in [5.74, 6) is -0.713. The molecule has 0 aliphatic heterocycles. The Balaban J connectivity index is 2.18. The van der Waals surface area contributed by atoms with Gasteiger partial charge in [-0.2, -0.15) is 0 Å². The van der Waals surface area contributed by atoms with Crippen LogP contribution in [0.15, 0.2) is 41.3 Å². The molecule has 2 aromatic rings. The Morgan fingerprint density at radius 2 is 1.74 bits per heavy atom. The molecule has 0 heterocycles. The number of methoxy groups -OCH3 is 1. The highest BCUT2D eigenvalue weighted by molar-refractivity contribution is 7.89. The monoisotopic (exact) mass is 391 g/mol. The Morgan fingerprint density at radius 3 is 2.33 bits per heavy atom. The van der Waals surface area contributed by atoms with Gasteiger partial charge in [-0.1, -0.05) is 17.7 Å². The number of rotatable bonds is 6. The molecule has 3 N–H and O–H groups in total. The number of sulfonamides is 1. The first kappa shape index (κ1) is 20.4. The summed E-state index contributed by atoms with van der Waals surface area (Å²) < 4.78 is 30.0. The van der Waals surface area contributed by atoms with Gasteiger partial charge in [0.1, 0.15) is 5.75 Å². The van der Waals surface area contributed by atoms with Crippen LogP contribution in [0.4, 0.5) is 5.69 Å². The lowest BCUT2D eigenvalue weighted by atomic mass is 10.1. The maximum atomic E-state index is 12.4. The summed E-state index contributed by atoms with van der Waals surface area (Å²) in [5.41, 5.74) is 4.62. The average molecular weight is 391 g/mol. The molecule has 0 spiro atoms. The molecule has 27 heavy (non-hydrogen) atoms. The van der Waals surface area contributed by atoms with Gasteiger partial charge in [0.2, 0.25) is 5.91 Å². The number of ether oxygens (including phenoxy) is 1. The van der Waals surface area contributed by atoms with Crippen LogP contribution in [-0.2, 0) is 14.8 Å². The first-order chi connectivity index (χ1) is 12.6. The predicted molar refractivity (Wildman–Crippen MR) is 101 cm³/mol. The fourth-order valence-corrected chi connectivity index (χ4v) is 3.29. The third-order valence-electron chi connectivity index (χ3n) is 3.72. The summed E-state index contributed by atoms with van der Waals surface area (Å²) in [6, 6.07) is 9.16. The van der Waals surface area contributed by atoms with Crippen molar-refractivity contribution in [1.82, 2.24) is 10.3 Å². The van der Waals surface area contributed by atoms with E-state index in [-0.39, 0.29) is 16.6 Å². The number of anilines is 1. The van der Waals surface area contributed by atoms with Gasteiger partial charge in [-0.25, -0.2) is 8.42 Å². The Morgan fingerprint density at radius 1 is 1.04 bits per heavy atom. The molecule has 0 saturated carbocycles. The van der Waals surface area contributed by atoms with Gasteiger partial charge >= 0.3 is 0 Å². The van der Waals surface area contributed by atoms with E-state index < -0.39 is 15.9 Å². The first-order valence-electron chi connectivity index (χ1n) is 7.99. The average Bonchev–Trinajstić information content (AvgIpc) is 2.59. The number of hydrazine groups is 1. The first-order valence-corrected chi connectivity index (χ1v) is 9.47. The van der Waals surface area contributed by atoms with Gasteiger partial charge in [-0.05, 0) is 37.6 Å². The summed E-state index contributed by atoms with van der Waals surface area (Å²) in [7, 11) is -2.68. The summed E-state index contributed by atoms with van der Waals surface area (Å²) in [6.45, 7) is 4.99. The van der Waals surface area contributed by atoms with E-state index >= 15 is 0 Å². The van der Waals surface area contributed by atoms with Gasteiger partial charge in [0.05, 0.1) is 17.7 Å². The second-order valence-electron chi connectivity index (χ2n) is 5.92. The number of aryl methyl sites for hydroxylation is 2. The maximum Gasteiger partial charge on any atom is 0.266 e. The minimum absolute atomic E-state index is 0.130. The van der Waals surface area contributed by atoms with Crippen LogP contribution in [0.5, 0.6) is 5.75 Å². The van der Waals surface area contributed by atoms with Crippen molar-refractivity contribution in [3.05, 3.63) is 53.1 Å². The zero-order valence-electron chi connectivity index (χ0n) is 15.4. The van der Waals surface area contributed by atoms with Crippen molar-refractivity contribution >= 4 is 27.5 Å². The van der Waals surface area contributed by atoms with Gasteiger partial charge in [-0.3, -0.25) is 15.0 Å². The van der Waals surface area contributed by atoms with Crippen LogP contribution in [0, 0.1) is 13.8 Å². The molecule has 0 aliphatic rings. The van der Waals surface area contributed by atoms with Crippen LogP contribution >= 0.6 is 0 Å². The number of nitrogens with one attached hydrogen (secondary N) is 3. The number of benzene rings is 2. The Hall–Kier alpha value is -2.91. The molecule has 144 valence electrons. The van der Waals surface area contributed by atoms with Crippen molar-refractivity contribution in [3.63, 3.8) is 0 Å². The zero-order chi connectivity index (χ0) is 20.2. The van der Waals surface area contributed by atoms with Crippen LogP contribution in [0.2, 0.25) is 0 Å². The van der Waals surface area contributed by atoms with Crippen LogP contribution < -0.4 is 20.3 Å². The molecular formula is C18H21N3O5S. The van der Waals surface area contributed by atoms with E-state index in [0.29, 0.717) is 11.3 Å². The van der Waals surface area contributed by atoms with Crippen molar-refractivity contribution in [2.24, 2.45) is 0 Å². The van der Waals surface area contributed by atoms with Gasteiger partial charge in [-0.15, -0.1) is 4.83 Å². The highest BCUT2D eigenvalue weighted by Crippen LogP contribution is 2.27. The van der Waals surface area contributed by atoms with E-state index in [1.807, 2.05) is 13.0 Å². The molecule has 2 amide bonds. The maximum absolute atomic E-state index is 12.4. The third kappa shape index (κ3) is 5.05. The van der Waals surface area contributed by atoms with Crippen molar-refractivity contribution < 1.29 is 22.7 Å². The van der Waals surface area contributed by atoms with E-state index in [4.69, 9.17) is 4.74 Å². The second kappa shape index (κ2) is 8.19.